The number of hydrogen-bond acceptors (Lipinski definition) is 1. The molecular weight excluding hydrogens is 398 g/mol. The van der Waals surface area contributed by atoms with E-state index in [0.29, 0.717) is 5.92 Å². The molecular formula is C32H33N. The van der Waals surface area contributed by atoms with Gasteiger partial charge in [0.05, 0.1) is 5.54 Å². The van der Waals surface area contributed by atoms with Crippen molar-refractivity contribution in [2.45, 2.75) is 46.1 Å². The molecule has 5 aromatic rings. The smallest absolute Gasteiger partial charge is 0.0597 e. The minimum absolute atomic E-state index is 0.152. The van der Waals surface area contributed by atoms with Crippen LogP contribution in [0.1, 0.15) is 44.7 Å². The van der Waals surface area contributed by atoms with E-state index in [4.69, 9.17) is 0 Å². The molecule has 0 spiro atoms. The molecule has 0 aliphatic heterocycles. The number of aryl methyl sites for hydroxylation is 1. The first-order valence-electron chi connectivity index (χ1n) is 12.1. The monoisotopic (exact) mass is 431 g/mol. The van der Waals surface area contributed by atoms with Crippen molar-refractivity contribution in [3.8, 4) is 0 Å². The van der Waals surface area contributed by atoms with Crippen molar-refractivity contribution in [1.29, 1.82) is 0 Å². The molecule has 0 saturated heterocycles. The molecule has 0 aromatic heterocycles. The molecule has 0 fully saturated rings. The summed E-state index contributed by atoms with van der Waals surface area (Å²) in [4.78, 5) is 0. The lowest BCUT2D eigenvalue weighted by Crippen LogP contribution is -2.32. The summed E-state index contributed by atoms with van der Waals surface area (Å²) in [7, 11) is 0. The van der Waals surface area contributed by atoms with Crippen molar-refractivity contribution >= 4 is 38.0 Å². The van der Waals surface area contributed by atoms with E-state index in [1.165, 1.54) is 55.6 Å². The maximum atomic E-state index is 3.90. The van der Waals surface area contributed by atoms with Crippen molar-refractivity contribution in [2.24, 2.45) is 5.92 Å². The van der Waals surface area contributed by atoms with E-state index in [1.54, 1.807) is 0 Å². The minimum Gasteiger partial charge on any atom is -0.376 e. The second-order valence-electron chi connectivity index (χ2n) is 10.1. The van der Waals surface area contributed by atoms with Crippen LogP contribution in [0.15, 0.2) is 91.0 Å². The molecule has 166 valence electrons. The van der Waals surface area contributed by atoms with Gasteiger partial charge in [-0.05, 0) is 88.7 Å². The first-order chi connectivity index (χ1) is 15.9. The Balaban J connectivity index is 1.70. The van der Waals surface area contributed by atoms with Gasteiger partial charge in [0.25, 0.3) is 0 Å². The SMILES string of the molecule is Cc1ccc(NC(C)(CCC(C)C)c2ccc3c4ccccc4c4ccccc4c3c2)cc1. The van der Waals surface area contributed by atoms with Gasteiger partial charge in [-0.1, -0.05) is 92.2 Å². The predicted octanol–water partition coefficient (Wildman–Crippen LogP) is 9.22. The summed E-state index contributed by atoms with van der Waals surface area (Å²) in [5.41, 5.74) is 3.65. The molecule has 0 bridgehead atoms. The van der Waals surface area contributed by atoms with Gasteiger partial charge in [0.2, 0.25) is 0 Å². The Hall–Kier alpha value is -3.32. The zero-order chi connectivity index (χ0) is 23.0. The van der Waals surface area contributed by atoms with Gasteiger partial charge in [0.1, 0.15) is 0 Å². The van der Waals surface area contributed by atoms with Gasteiger partial charge in [0.15, 0.2) is 0 Å². The van der Waals surface area contributed by atoms with Crippen LogP contribution in [0.4, 0.5) is 5.69 Å². The third-order valence-electron chi connectivity index (χ3n) is 7.07. The lowest BCUT2D eigenvalue weighted by molar-refractivity contribution is 0.426. The molecule has 1 nitrogen and oxygen atoms in total. The zero-order valence-corrected chi connectivity index (χ0v) is 20.2. The topological polar surface area (TPSA) is 12.0 Å². The van der Waals surface area contributed by atoms with Gasteiger partial charge >= 0.3 is 0 Å². The third kappa shape index (κ3) is 4.09. The van der Waals surface area contributed by atoms with Gasteiger partial charge in [-0.2, -0.15) is 0 Å². The van der Waals surface area contributed by atoms with Gasteiger partial charge < -0.3 is 5.32 Å². The molecule has 1 unspecified atom stereocenters. The number of nitrogens with one attached hydrogen (secondary N) is 1. The fraction of sp³-hybridized carbons (Fsp3) is 0.250. The Labute approximate surface area is 197 Å². The van der Waals surface area contributed by atoms with Crippen molar-refractivity contribution in [3.63, 3.8) is 0 Å². The van der Waals surface area contributed by atoms with Gasteiger partial charge in [-0.3, -0.25) is 0 Å². The van der Waals surface area contributed by atoms with Crippen LogP contribution in [0.2, 0.25) is 0 Å². The summed E-state index contributed by atoms with van der Waals surface area (Å²) < 4.78 is 0. The number of anilines is 1. The summed E-state index contributed by atoms with van der Waals surface area (Å²) in [5, 5.41) is 11.9. The molecule has 0 radical (unpaired) electrons. The summed E-state index contributed by atoms with van der Waals surface area (Å²) in [5.74, 6) is 0.661. The Morgan fingerprint density at radius 3 is 1.73 bits per heavy atom. The molecule has 0 saturated carbocycles. The summed E-state index contributed by atoms with van der Waals surface area (Å²) >= 11 is 0. The van der Waals surface area contributed by atoms with Crippen molar-refractivity contribution < 1.29 is 0 Å². The fourth-order valence-corrected chi connectivity index (χ4v) is 5.06. The molecule has 0 heterocycles. The minimum atomic E-state index is -0.152. The zero-order valence-electron chi connectivity index (χ0n) is 20.2. The highest BCUT2D eigenvalue weighted by Crippen LogP contribution is 2.39. The largest absolute Gasteiger partial charge is 0.376 e. The van der Waals surface area contributed by atoms with Crippen LogP contribution < -0.4 is 5.32 Å². The van der Waals surface area contributed by atoms with E-state index in [-0.39, 0.29) is 5.54 Å². The second-order valence-corrected chi connectivity index (χ2v) is 10.1. The lowest BCUT2D eigenvalue weighted by Gasteiger charge is -2.34. The van der Waals surface area contributed by atoms with Crippen molar-refractivity contribution in [3.05, 3.63) is 102 Å². The average Bonchev–Trinajstić information content (AvgIpc) is 2.84. The molecule has 1 atom stereocenters. The van der Waals surface area contributed by atoms with Crippen molar-refractivity contribution in [1.82, 2.24) is 0 Å². The molecule has 5 rings (SSSR count). The van der Waals surface area contributed by atoms with E-state index < -0.39 is 0 Å². The Kier molecular flexibility index (Phi) is 5.58. The van der Waals surface area contributed by atoms with Gasteiger partial charge in [-0.15, -0.1) is 0 Å². The predicted molar refractivity (Wildman–Crippen MR) is 145 cm³/mol. The molecule has 0 aliphatic carbocycles. The fourth-order valence-electron chi connectivity index (χ4n) is 5.06. The van der Waals surface area contributed by atoms with Crippen LogP contribution in [0.3, 0.4) is 0 Å². The number of hydrogen-bond donors (Lipinski definition) is 1. The first-order valence-corrected chi connectivity index (χ1v) is 12.1. The maximum Gasteiger partial charge on any atom is 0.0597 e. The molecule has 0 amide bonds. The molecule has 0 aliphatic rings. The van der Waals surface area contributed by atoms with E-state index in [1.807, 2.05) is 0 Å². The molecule has 1 heteroatoms. The Bertz CT molecular complexity index is 1390. The van der Waals surface area contributed by atoms with Crippen LogP contribution in [0.5, 0.6) is 0 Å². The van der Waals surface area contributed by atoms with Crippen LogP contribution in [-0.2, 0) is 5.54 Å². The average molecular weight is 432 g/mol. The van der Waals surface area contributed by atoms with E-state index in [2.05, 4.69) is 124 Å². The lowest BCUT2D eigenvalue weighted by atomic mass is 9.82. The molecule has 1 N–H and O–H groups in total. The van der Waals surface area contributed by atoms with Crippen LogP contribution >= 0.6 is 0 Å². The summed E-state index contributed by atoms with van der Waals surface area (Å²) in [6, 6.07) is 33.5. The van der Waals surface area contributed by atoms with Crippen molar-refractivity contribution in [2.75, 3.05) is 5.32 Å². The Morgan fingerprint density at radius 1 is 0.667 bits per heavy atom. The van der Waals surface area contributed by atoms with E-state index >= 15 is 0 Å². The van der Waals surface area contributed by atoms with Crippen LogP contribution in [0, 0.1) is 12.8 Å². The standard InChI is InChI=1S/C32H33N/c1-22(2)19-20-32(4,33-25-16-13-23(3)14-17-25)24-15-18-30-28-11-6-5-9-26(28)27-10-7-8-12-29(27)31(30)21-24/h5-18,21-22,33H,19-20H2,1-4H3. The quantitative estimate of drug-likeness (QED) is 0.264. The Morgan fingerprint density at radius 2 is 1.18 bits per heavy atom. The number of benzene rings is 5. The van der Waals surface area contributed by atoms with E-state index in [9.17, 15) is 0 Å². The molecule has 33 heavy (non-hydrogen) atoms. The summed E-state index contributed by atoms with van der Waals surface area (Å²) in [6.07, 6.45) is 2.25. The van der Waals surface area contributed by atoms with Gasteiger partial charge in [0, 0.05) is 5.69 Å². The molecule has 5 aromatic carbocycles. The van der Waals surface area contributed by atoms with Gasteiger partial charge in [-0.25, -0.2) is 0 Å². The second kappa shape index (κ2) is 8.56. The highest BCUT2D eigenvalue weighted by Gasteiger charge is 2.27. The third-order valence-corrected chi connectivity index (χ3v) is 7.07. The highest BCUT2D eigenvalue weighted by atomic mass is 15.0. The number of fused-ring (bicyclic) bond motifs is 6. The highest BCUT2D eigenvalue weighted by molar-refractivity contribution is 6.25. The summed E-state index contributed by atoms with van der Waals surface area (Å²) in [6.45, 7) is 9.12. The number of rotatable bonds is 6. The first kappa shape index (κ1) is 21.5. The maximum absolute atomic E-state index is 3.90. The van der Waals surface area contributed by atoms with Crippen LogP contribution in [-0.4, -0.2) is 0 Å². The van der Waals surface area contributed by atoms with E-state index in [0.717, 1.165) is 6.42 Å². The normalized spacial score (nSPS) is 13.6. The van der Waals surface area contributed by atoms with Crippen LogP contribution in [0.25, 0.3) is 32.3 Å².